The van der Waals surface area contributed by atoms with Crippen molar-refractivity contribution < 1.29 is 9.13 Å². The van der Waals surface area contributed by atoms with E-state index >= 15 is 0 Å². The van der Waals surface area contributed by atoms with E-state index in [0.717, 1.165) is 25.0 Å². The minimum atomic E-state index is -0.327. The summed E-state index contributed by atoms with van der Waals surface area (Å²) in [6.45, 7) is 1.39. The summed E-state index contributed by atoms with van der Waals surface area (Å²) in [7, 11) is 1.89. The van der Waals surface area contributed by atoms with Crippen molar-refractivity contribution in [3.63, 3.8) is 0 Å². The maximum atomic E-state index is 13.6. The monoisotopic (exact) mass is 290 g/mol. The van der Waals surface area contributed by atoms with E-state index in [1.807, 2.05) is 19.4 Å². The van der Waals surface area contributed by atoms with Crippen molar-refractivity contribution in [2.24, 2.45) is 13.0 Å². The molecule has 6 heteroatoms. The minimum Gasteiger partial charge on any atom is -0.373 e. The Kier molecular flexibility index (Phi) is 4.15. The number of hydrogen-bond donors (Lipinski definition) is 1. The summed E-state index contributed by atoms with van der Waals surface area (Å²) in [6.07, 6.45) is 7.47. The molecule has 1 fully saturated rings. The van der Waals surface area contributed by atoms with Crippen LogP contribution in [0.25, 0.3) is 0 Å². The number of pyridine rings is 1. The average Bonchev–Trinajstić information content (AvgIpc) is 2.93. The summed E-state index contributed by atoms with van der Waals surface area (Å²) in [6, 6.07) is 2.99. The Balaban J connectivity index is 1.69. The molecule has 2 aromatic rings. The summed E-state index contributed by atoms with van der Waals surface area (Å²) in [5, 5.41) is 7.30. The number of halogens is 1. The van der Waals surface area contributed by atoms with Gasteiger partial charge in [-0.25, -0.2) is 9.37 Å². The van der Waals surface area contributed by atoms with Crippen LogP contribution in [0.5, 0.6) is 0 Å². The van der Waals surface area contributed by atoms with Crippen LogP contribution in [0.4, 0.5) is 10.2 Å². The van der Waals surface area contributed by atoms with Crippen LogP contribution in [0.1, 0.15) is 24.5 Å². The van der Waals surface area contributed by atoms with Crippen molar-refractivity contribution in [3.05, 3.63) is 42.1 Å². The van der Waals surface area contributed by atoms with Crippen LogP contribution in [-0.2, 0) is 11.8 Å². The average molecular weight is 290 g/mol. The Morgan fingerprint density at radius 1 is 1.52 bits per heavy atom. The topological polar surface area (TPSA) is 52.0 Å². The molecular formula is C15H19FN4O. The molecule has 3 rings (SSSR count). The molecule has 0 bridgehead atoms. The normalized spacial score (nSPS) is 22.2. The third-order valence-electron chi connectivity index (χ3n) is 3.79. The Hall–Kier alpha value is -1.95. The first-order valence-corrected chi connectivity index (χ1v) is 7.18. The Bertz CT molecular complexity index is 601. The third kappa shape index (κ3) is 3.21. The Morgan fingerprint density at radius 3 is 3.19 bits per heavy atom. The first-order chi connectivity index (χ1) is 10.2. The lowest BCUT2D eigenvalue weighted by Crippen LogP contribution is -2.28. The molecule has 0 amide bonds. The number of rotatable bonds is 4. The number of aryl methyl sites for hydroxylation is 1. The van der Waals surface area contributed by atoms with E-state index in [0.29, 0.717) is 12.4 Å². The van der Waals surface area contributed by atoms with Gasteiger partial charge in [0.25, 0.3) is 0 Å². The lowest BCUT2D eigenvalue weighted by atomic mass is 9.91. The Morgan fingerprint density at radius 2 is 2.43 bits per heavy atom. The highest BCUT2D eigenvalue weighted by Crippen LogP contribution is 2.33. The van der Waals surface area contributed by atoms with Gasteiger partial charge < -0.3 is 10.1 Å². The quantitative estimate of drug-likeness (QED) is 0.940. The second-order valence-electron chi connectivity index (χ2n) is 5.36. The molecule has 1 N–H and O–H groups in total. The van der Waals surface area contributed by atoms with E-state index in [9.17, 15) is 4.39 Å². The lowest BCUT2D eigenvalue weighted by Gasteiger charge is -2.31. The van der Waals surface area contributed by atoms with E-state index in [1.54, 1.807) is 16.9 Å². The predicted octanol–water partition coefficient (Wildman–Crippen LogP) is 2.53. The van der Waals surface area contributed by atoms with Gasteiger partial charge in [0.15, 0.2) is 11.6 Å². The van der Waals surface area contributed by atoms with Gasteiger partial charge in [-0.15, -0.1) is 0 Å². The van der Waals surface area contributed by atoms with Crippen molar-refractivity contribution in [1.82, 2.24) is 14.8 Å². The van der Waals surface area contributed by atoms with Crippen molar-refractivity contribution >= 4 is 5.82 Å². The molecule has 21 heavy (non-hydrogen) atoms. The van der Waals surface area contributed by atoms with Crippen LogP contribution in [0.2, 0.25) is 0 Å². The molecule has 0 saturated carbocycles. The van der Waals surface area contributed by atoms with Crippen LogP contribution >= 0.6 is 0 Å². The molecule has 0 aromatic carbocycles. The smallest absolute Gasteiger partial charge is 0.165 e. The van der Waals surface area contributed by atoms with Crippen molar-refractivity contribution in [2.75, 3.05) is 18.5 Å². The van der Waals surface area contributed by atoms with Crippen LogP contribution in [0, 0.1) is 11.7 Å². The first kappa shape index (κ1) is 14.0. The summed E-state index contributed by atoms with van der Waals surface area (Å²) in [5.74, 6) is 0.254. The minimum absolute atomic E-state index is 0.00623. The number of nitrogens with zero attached hydrogens (tertiary/aromatic N) is 3. The Labute approximate surface area is 123 Å². The van der Waals surface area contributed by atoms with Crippen LogP contribution < -0.4 is 5.32 Å². The highest BCUT2D eigenvalue weighted by Gasteiger charge is 2.28. The maximum absolute atomic E-state index is 13.6. The van der Waals surface area contributed by atoms with Crippen molar-refractivity contribution in [3.8, 4) is 0 Å². The fourth-order valence-corrected chi connectivity index (χ4v) is 2.75. The third-order valence-corrected chi connectivity index (χ3v) is 3.79. The fourth-order valence-electron chi connectivity index (χ4n) is 2.75. The number of anilines is 1. The summed E-state index contributed by atoms with van der Waals surface area (Å²) < 4.78 is 21.3. The SMILES string of the molecule is Cn1cc([C@@H]2OCCC[C@H]2CNc2ncccc2F)cn1. The number of aromatic nitrogens is 3. The van der Waals surface area contributed by atoms with Gasteiger partial charge in [-0.3, -0.25) is 4.68 Å². The molecule has 1 aliphatic rings. The van der Waals surface area contributed by atoms with Gasteiger partial charge in [-0.2, -0.15) is 5.10 Å². The van der Waals surface area contributed by atoms with Gasteiger partial charge >= 0.3 is 0 Å². The maximum Gasteiger partial charge on any atom is 0.165 e. The molecule has 0 aliphatic carbocycles. The summed E-state index contributed by atoms with van der Waals surface area (Å²) in [5.41, 5.74) is 1.07. The summed E-state index contributed by atoms with van der Waals surface area (Å²) in [4.78, 5) is 4.02. The molecule has 5 nitrogen and oxygen atoms in total. The highest BCUT2D eigenvalue weighted by atomic mass is 19.1. The van der Waals surface area contributed by atoms with Gasteiger partial charge in [0.2, 0.25) is 0 Å². The molecule has 1 saturated heterocycles. The van der Waals surface area contributed by atoms with Crippen LogP contribution in [-0.4, -0.2) is 27.9 Å². The van der Waals surface area contributed by atoms with E-state index in [4.69, 9.17) is 4.74 Å². The van der Waals surface area contributed by atoms with Crippen LogP contribution in [0.15, 0.2) is 30.7 Å². The predicted molar refractivity (Wildman–Crippen MR) is 77.3 cm³/mol. The molecular weight excluding hydrogens is 271 g/mol. The number of hydrogen-bond acceptors (Lipinski definition) is 4. The number of nitrogens with one attached hydrogen (secondary N) is 1. The van der Waals surface area contributed by atoms with Gasteiger partial charge in [0.1, 0.15) is 0 Å². The van der Waals surface area contributed by atoms with Gasteiger partial charge in [-0.05, 0) is 25.0 Å². The standard InChI is InChI=1S/C15H19FN4O/c1-20-10-12(9-19-20)14-11(4-3-7-21-14)8-18-15-13(16)5-2-6-17-15/h2,5-6,9-11,14H,3-4,7-8H2,1H3,(H,17,18)/t11-,14+/m0/s1. The molecule has 2 atom stereocenters. The van der Waals surface area contributed by atoms with E-state index < -0.39 is 0 Å². The molecule has 1 aliphatic heterocycles. The van der Waals surface area contributed by atoms with Crippen LogP contribution in [0.3, 0.4) is 0 Å². The zero-order valence-corrected chi connectivity index (χ0v) is 12.0. The molecule has 112 valence electrons. The van der Waals surface area contributed by atoms with E-state index in [-0.39, 0.29) is 17.8 Å². The lowest BCUT2D eigenvalue weighted by molar-refractivity contribution is -0.0239. The zero-order valence-electron chi connectivity index (χ0n) is 12.0. The molecule has 3 heterocycles. The molecule has 2 aromatic heterocycles. The van der Waals surface area contributed by atoms with Gasteiger partial charge in [0.05, 0.1) is 12.3 Å². The van der Waals surface area contributed by atoms with E-state index in [2.05, 4.69) is 15.4 Å². The second-order valence-corrected chi connectivity index (χ2v) is 5.36. The number of ether oxygens (including phenoxy) is 1. The van der Waals surface area contributed by atoms with Crippen molar-refractivity contribution in [1.29, 1.82) is 0 Å². The molecule has 0 unspecified atom stereocenters. The molecule has 0 radical (unpaired) electrons. The van der Waals surface area contributed by atoms with Crippen molar-refractivity contribution in [2.45, 2.75) is 18.9 Å². The highest BCUT2D eigenvalue weighted by molar-refractivity contribution is 5.35. The van der Waals surface area contributed by atoms with Gasteiger partial charge in [-0.1, -0.05) is 0 Å². The zero-order chi connectivity index (χ0) is 14.7. The van der Waals surface area contributed by atoms with Gasteiger partial charge in [0, 0.05) is 44.1 Å². The van der Waals surface area contributed by atoms with E-state index in [1.165, 1.54) is 6.07 Å². The largest absolute Gasteiger partial charge is 0.373 e. The molecule has 0 spiro atoms. The fraction of sp³-hybridized carbons (Fsp3) is 0.467. The second kappa shape index (κ2) is 6.22. The summed E-state index contributed by atoms with van der Waals surface area (Å²) >= 11 is 0. The first-order valence-electron chi connectivity index (χ1n) is 7.18.